The van der Waals surface area contributed by atoms with E-state index >= 15 is 0 Å². The van der Waals surface area contributed by atoms with Gasteiger partial charge in [0.05, 0.1) is 0 Å². The van der Waals surface area contributed by atoms with E-state index in [2.05, 4.69) is 39.9 Å². The number of amides is 1. The fraction of sp³-hybridized carbons (Fsp3) is 0.941. The predicted octanol–water partition coefficient (Wildman–Crippen LogP) is 4.75. The Morgan fingerprint density at radius 3 is 2.10 bits per heavy atom. The summed E-state index contributed by atoms with van der Waals surface area (Å²) in [6.07, 6.45) is 6.21. The van der Waals surface area contributed by atoms with Gasteiger partial charge in [0.1, 0.15) is 0 Å². The second-order valence-electron chi connectivity index (χ2n) is 7.76. The topological polar surface area (TPSA) is 29.1 Å². The summed E-state index contributed by atoms with van der Waals surface area (Å²) in [6, 6.07) is 0. The lowest BCUT2D eigenvalue weighted by atomic mass is 9.69. The number of hydrogen-bond donors (Lipinski definition) is 1. The van der Waals surface area contributed by atoms with E-state index in [0.717, 1.165) is 31.6 Å². The van der Waals surface area contributed by atoms with Crippen molar-refractivity contribution < 1.29 is 4.79 Å². The molecule has 0 aromatic heterocycles. The van der Waals surface area contributed by atoms with Crippen molar-refractivity contribution in [1.29, 1.82) is 0 Å². The maximum atomic E-state index is 12.4. The Hall–Kier alpha value is -0.240. The van der Waals surface area contributed by atoms with Crippen LogP contribution >= 0.6 is 11.6 Å². The first-order chi connectivity index (χ1) is 9.22. The van der Waals surface area contributed by atoms with Gasteiger partial charge in [-0.2, -0.15) is 0 Å². The van der Waals surface area contributed by atoms with Crippen LogP contribution in [0.2, 0.25) is 0 Å². The molecule has 118 valence electrons. The van der Waals surface area contributed by atoms with Crippen LogP contribution in [-0.2, 0) is 4.79 Å². The molecule has 0 spiro atoms. The molecule has 3 heteroatoms. The Balaban J connectivity index is 2.51. The highest BCUT2D eigenvalue weighted by molar-refractivity contribution is 6.17. The highest BCUT2D eigenvalue weighted by Crippen LogP contribution is 2.40. The average Bonchev–Trinajstić information content (AvgIpc) is 2.38. The number of carbonyl (C=O) groups is 1. The van der Waals surface area contributed by atoms with Crippen molar-refractivity contribution in [3.05, 3.63) is 0 Å². The first-order valence-corrected chi connectivity index (χ1v) is 8.63. The zero-order valence-corrected chi connectivity index (χ0v) is 14.6. The molecule has 0 radical (unpaired) electrons. The van der Waals surface area contributed by atoms with E-state index < -0.39 is 0 Å². The predicted molar refractivity (Wildman–Crippen MR) is 87.1 cm³/mol. The lowest BCUT2D eigenvalue weighted by Crippen LogP contribution is -2.49. The smallest absolute Gasteiger partial charge is 0.223 e. The van der Waals surface area contributed by atoms with E-state index in [0.29, 0.717) is 11.3 Å². The maximum Gasteiger partial charge on any atom is 0.223 e. The SMILES string of the molecule is CCC(C)(CCCl)NC(=O)C1CCC(C(C)(C)C)CC1. The van der Waals surface area contributed by atoms with E-state index in [1.54, 1.807) is 0 Å². The van der Waals surface area contributed by atoms with Gasteiger partial charge in [0.25, 0.3) is 0 Å². The standard InChI is InChI=1S/C17H32ClNO/c1-6-17(5,11-12-18)19-15(20)13-7-9-14(10-8-13)16(2,3)4/h13-14H,6-12H2,1-5H3,(H,19,20). The molecule has 1 amide bonds. The number of nitrogens with one attached hydrogen (secondary N) is 1. The van der Waals surface area contributed by atoms with Gasteiger partial charge in [0.15, 0.2) is 0 Å². The number of halogens is 1. The van der Waals surface area contributed by atoms with Gasteiger partial charge in [0.2, 0.25) is 5.91 Å². The molecule has 0 heterocycles. The molecule has 1 atom stereocenters. The maximum absolute atomic E-state index is 12.4. The van der Waals surface area contributed by atoms with Crippen LogP contribution in [0.1, 0.15) is 73.1 Å². The van der Waals surface area contributed by atoms with Crippen molar-refractivity contribution >= 4 is 17.5 Å². The first kappa shape index (κ1) is 17.8. The van der Waals surface area contributed by atoms with Crippen molar-refractivity contribution in [1.82, 2.24) is 5.32 Å². The molecule has 1 saturated carbocycles. The minimum atomic E-state index is -0.139. The molecule has 1 rings (SSSR count). The van der Waals surface area contributed by atoms with Gasteiger partial charge in [0, 0.05) is 17.3 Å². The van der Waals surface area contributed by atoms with Gasteiger partial charge < -0.3 is 5.32 Å². The van der Waals surface area contributed by atoms with Crippen molar-refractivity contribution in [2.45, 2.75) is 78.7 Å². The normalized spacial score (nSPS) is 26.9. The summed E-state index contributed by atoms with van der Waals surface area (Å²) in [5.74, 6) is 1.80. The van der Waals surface area contributed by atoms with E-state index in [-0.39, 0.29) is 17.4 Å². The summed E-state index contributed by atoms with van der Waals surface area (Å²) in [5.41, 5.74) is 0.234. The molecule has 0 bridgehead atoms. The van der Waals surface area contributed by atoms with Gasteiger partial charge in [-0.25, -0.2) is 0 Å². The minimum Gasteiger partial charge on any atom is -0.351 e. The van der Waals surface area contributed by atoms with Crippen LogP contribution in [0, 0.1) is 17.3 Å². The molecule has 0 saturated heterocycles. The number of rotatable bonds is 5. The third-order valence-electron chi connectivity index (χ3n) is 5.17. The van der Waals surface area contributed by atoms with Crippen LogP contribution < -0.4 is 5.32 Å². The minimum absolute atomic E-state index is 0.139. The summed E-state index contributed by atoms with van der Waals surface area (Å²) in [6.45, 7) is 11.2. The molecule has 1 aliphatic carbocycles. The molecular formula is C17H32ClNO. The van der Waals surface area contributed by atoms with Crippen molar-refractivity contribution in [3.8, 4) is 0 Å². The van der Waals surface area contributed by atoms with E-state index in [1.165, 1.54) is 12.8 Å². The zero-order chi connectivity index (χ0) is 15.4. The third-order valence-corrected chi connectivity index (χ3v) is 5.36. The molecule has 0 aliphatic heterocycles. The average molecular weight is 302 g/mol. The molecule has 1 unspecified atom stereocenters. The quantitative estimate of drug-likeness (QED) is 0.729. The molecule has 1 N–H and O–H groups in total. The highest BCUT2D eigenvalue weighted by atomic mass is 35.5. The van der Waals surface area contributed by atoms with Gasteiger partial charge in [-0.1, -0.05) is 27.7 Å². The first-order valence-electron chi connectivity index (χ1n) is 8.10. The second kappa shape index (κ2) is 7.15. The summed E-state index contributed by atoms with van der Waals surface area (Å²) in [4.78, 5) is 12.4. The Morgan fingerprint density at radius 1 is 1.15 bits per heavy atom. The number of hydrogen-bond acceptors (Lipinski definition) is 1. The van der Waals surface area contributed by atoms with Crippen molar-refractivity contribution in [2.75, 3.05) is 5.88 Å². The van der Waals surface area contributed by atoms with Gasteiger partial charge in [-0.3, -0.25) is 4.79 Å². The van der Waals surface area contributed by atoms with Gasteiger partial charge in [-0.05, 0) is 56.8 Å². The summed E-state index contributed by atoms with van der Waals surface area (Å²) in [5, 5.41) is 3.24. The Labute approximate surface area is 130 Å². The summed E-state index contributed by atoms with van der Waals surface area (Å²) in [7, 11) is 0. The summed E-state index contributed by atoms with van der Waals surface area (Å²) >= 11 is 5.85. The molecule has 0 aromatic carbocycles. The number of alkyl halides is 1. The molecule has 1 aliphatic rings. The Bertz CT molecular complexity index is 315. The van der Waals surface area contributed by atoms with Gasteiger partial charge >= 0.3 is 0 Å². The fourth-order valence-corrected chi connectivity index (χ4v) is 3.57. The molecule has 2 nitrogen and oxygen atoms in total. The van der Waals surface area contributed by atoms with Gasteiger partial charge in [-0.15, -0.1) is 11.6 Å². The van der Waals surface area contributed by atoms with Crippen molar-refractivity contribution in [3.63, 3.8) is 0 Å². The fourth-order valence-electron chi connectivity index (χ4n) is 3.16. The monoisotopic (exact) mass is 301 g/mol. The third kappa shape index (κ3) is 4.95. The highest BCUT2D eigenvalue weighted by Gasteiger charge is 2.34. The van der Waals surface area contributed by atoms with E-state index in [4.69, 9.17) is 11.6 Å². The van der Waals surface area contributed by atoms with Crippen LogP contribution in [-0.4, -0.2) is 17.3 Å². The van der Waals surface area contributed by atoms with E-state index in [1.807, 2.05) is 0 Å². The number of carbonyl (C=O) groups excluding carboxylic acids is 1. The van der Waals surface area contributed by atoms with Crippen LogP contribution in [0.5, 0.6) is 0 Å². The lowest BCUT2D eigenvalue weighted by Gasteiger charge is -2.38. The molecular weight excluding hydrogens is 270 g/mol. The Morgan fingerprint density at radius 2 is 1.70 bits per heavy atom. The molecule has 0 aromatic rings. The van der Waals surface area contributed by atoms with Crippen LogP contribution in [0.15, 0.2) is 0 Å². The van der Waals surface area contributed by atoms with Crippen LogP contribution in [0.3, 0.4) is 0 Å². The second-order valence-corrected chi connectivity index (χ2v) is 8.13. The molecule has 1 fully saturated rings. The van der Waals surface area contributed by atoms with Crippen LogP contribution in [0.25, 0.3) is 0 Å². The zero-order valence-electron chi connectivity index (χ0n) is 13.9. The summed E-state index contributed by atoms with van der Waals surface area (Å²) < 4.78 is 0. The largest absolute Gasteiger partial charge is 0.351 e. The van der Waals surface area contributed by atoms with Crippen molar-refractivity contribution in [2.24, 2.45) is 17.3 Å². The van der Waals surface area contributed by atoms with Crippen LogP contribution in [0.4, 0.5) is 0 Å². The Kier molecular flexibility index (Phi) is 6.37. The van der Waals surface area contributed by atoms with E-state index in [9.17, 15) is 4.79 Å². The molecule has 20 heavy (non-hydrogen) atoms. The lowest BCUT2D eigenvalue weighted by molar-refractivity contribution is -0.128.